The minimum Gasteiger partial charge on any atom is -0.454 e. The van der Waals surface area contributed by atoms with Crippen LogP contribution in [0.5, 0.6) is 0 Å². The van der Waals surface area contributed by atoms with Gasteiger partial charge in [-0.25, -0.2) is 4.79 Å². The molecule has 0 fully saturated rings. The fourth-order valence-corrected chi connectivity index (χ4v) is 2.92. The van der Waals surface area contributed by atoms with E-state index < -0.39 is 11.9 Å². The zero-order valence-corrected chi connectivity index (χ0v) is 16.3. The number of tetrazole rings is 1. The molecule has 0 aliphatic carbocycles. The molecule has 0 bridgehead atoms. The van der Waals surface area contributed by atoms with E-state index in [4.69, 9.17) is 4.74 Å². The van der Waals surface area contributed by atoms with Crippen molar-refractivity contribution < 1.29 is 14.3 Å². The average molecular weight is 397 g/mol. The van der Waals surface area contributed by atoms with E-state index in [0.717, 1.165) is 20.8 Å². The molecule has 0 aliphatic heterocycles. The maximum absolute atomic E-state index is 12.0. The Balaban J connectivity index is 1.50. The first-order valence-corrected chi connectivity index (χ1v) is 9.71. The fourth-order valence-electron chi connectivity index (χ4n) is 2.37. The van der Waals surface area contributed by atoms with E-state index >= 15 is 0 Å². The number of thioether (sulfide) groups is 1. The van der Waals surface area contributed by atoms with Gasteiger partial charge in [0.2, 0.25) is 5.82 Å². The Labute approximate surface area is 166 Å². The molecule has 0 saturated heterocycles. The topological polar surface area (TPSA) is 99.0 Å². The van der Waals surface area contributed by atoms with E-state index in [1.54, 1.807) is 6.07 Å². The largest absolute Gasteiger partial charge is 0.454 e. The summed E-state index contributed by atoms with van der Waals surface area (Å²) < 4.78 is 5.00. The summed E-state index contributed by atoms with van der Waals surface area (Å²) in [6, 6.07) is 15.0. The lowest BCUT2D eigenvalue weighted by molar-refractivity contribution is -0.148. The van der Waals surface area contributed by atoms with Crippen LogP contribution in [0.4, 0.5) is 5.69 Å². The van der Waals surface area contributed by atoms with Crippen LogP contribution in [0.25, 0.3) is 11.4 Å². The zero-order chi connectivity index (χ0) is 19.9. The van der Waals surface area contributed by atoms with Gasteiger partial charge in [-0.2, -0.15) is 4.80 Å². The Kier molecular flexibility index (Phi) is 6.38. The van der Waals surface area contributed by atoms with Crippen LogP contribution in [0.3, 0.4) is 0 Å². The number of amides is 1. The van der Waals surface area contributed by atoms with Gasteiger partial charge in [0.15, 0.2) is 13.2 Å². The lowest BCUT2D eigenvalue weighted by Crippen LogP contribution is -2.23. The van der Waals surface area contributed by atoms with Gasteiger partial charge in [0, 0.05) is 10.5 Å². The molecular formula is C19H19N5O3S. The number of ether oxygens (including phenoxy) is 1. The summed E-state index contributed by atoms with van der Waals surface area (Å²) in [4.78, 5) is 26.0. The number of carbonyl (C=O) groups is 2. The van der Waals surface area contributed by atoms with Crippen LogP contribution in [-0.4, -0.2) is 44.9 Å². The molecule has 3 rings (SSSR count). The minimum atomic E-state index is -0.624. The number of anilines is 1. The van der Waals surface area contributed by atoms with Crippen molar-refractivity contribution in [2.45, 2.75) is 18.4 Å². The van der Waals surface area contributed by atoms with Crippen molar-refractivity contribution in [1.29, 1.82) is 0 Å². The maximum atomic E-state index is 12.0. The van der Waals surface area contributed by atoms with E-state index in [1.807, 2.05) is 55.6 Å². The zero-order valence-electron chi connectivity index (χ0n) is 15.5. The number of carbonyl (C=O) groups excluding carboxylic acids is 2. The van der Waals surface area contributed by atoms with Gasteiger partial charge in [0.05, 0.1) is 5.69 Å². The van der Waals surface area contributed by atoms with Crippen LogP contribution >= 0.6 is 11.8 Å². The number of aryl methyl sites for hydroxylation is 1. The van der Waals surface area contributed by atoms with Gasteiger partial charge in [0.25, 0.3) is 5.91 Å². The van der Waals surface area contributed by atoms with E-state index in [9.17, 15) is 9.59 Å². The number of rotatable bonds is 7. The number of benzene rings is 2. The summed E-state index contributed by atoms with van der Waals surface area (Å²) in [6.45, 7) is 1.37. The van der Waals surface area contributed by atoms with Gasteiger partial charge in [-0.1, -0.05) is 42.0 Å². The van der Waals surface area contributed by atoms with E-state index in [-0.39, 0.29) is 13.2 Å². The molecule has 1 heterocycles. The number of nitrogens with zero attached hydrogens (tertiary/aromatic N) is 4. The Morgan fingerprint density at radius 2 is 1.89 bits per heavy atom. The second-order valence-electron chi connectivity index (χ2n) is 5.92. The molecule has 2 aromatic carbocycles. The smallest absolute Gasteiger partial charge is 0.330 e. The predicted molar refractivity (Wildman–Crippen MR) is 106 cm³/mol. The quantitative estimate of drug-likeness (QED) is 0.483. The molecule has 144 valence electrons. The predicted octanol–water partition coefficient (Wildman–Crippen LogP) is 2.55. The van der Waals surface area contributed by atoms with E-state index in [2.05, 4.69) is 20.7 Å². The molecule has 1 N–H and O–H groups in total. The van der Waals surface area contributed by atoms with Crippen molar-refractivity contribution in [1.82, 2.24) is 20.2 Å². The monoisotopic (exact) mass is 397 g/mol. The fraction of sp³-hybridized carbons (Fsp3) is 0.211. The summed E-state index contributed by atoms with van der Waals surface area (Å²) in [5.41, 5.74) is 2.60. The van der Waals surface area contributed by atoms with Gasteiger partial charge in [-0.3, -0.25) is 4.79 Å². The average Bonchev–Trinajstić information content (AvgIpc) is 3.16. The lowest BCUT2D eigenvalue weighted by atomic mass is 10.1. The van der Waals surface area contributed by atoms with Crippen molar-refractivity contribution in [2.24, 2.45) is 0 Å². The standard InChI is InChI=1S/C19H19N5O3S/c1-13-7-9-14(10-8-13)19-21-23-24(22-19)11-18(26)27-12-17(25)20-15-5-3-4-6-16(15)28-2/h3-10H,11-12H2,1-2H3,(H,20,25). The third-order valence-electron chi connectivity index (χ3n) is 3.78. The highest BCUT2D eigenvalue weighted by Gasteiger charge is 2.13. The number of nitrogens with one attached hydrogen (secondary N) is 1. The molecule has 3 aromatic rings. The molecule has 0 radical (unpaired) electrons. The molecule has 1 amide bonds. The first kappa shape index (κ1) is 19.6. The third-order valence-corrected chi connectivity index (χ3v) is 4.57. The number of aromatic nitrogens is 4. The van der Waals surface area contributed by atoms with Crippen molar-refractivity contribution >= 4 is 29.3 Å². The van der Waals surface area contributed by atoms with Gasteiger partial charge >= 0.3 is 5.97 Å². The van der Waals surface area contributed by atoms with Crippen molar-refractivity contribution in [3.05, 3.63) is 54.1 Å². The van der Waals surface area contributed by atoms with Crippen molar-refractivity contribution in [3.63, 3.8) is 0 Å². The summed E-state index contributed by atoms with van der Waals surface area (Å²) in [7, 11) is 0. The summed E-state index contributed by atoms with van der Waals surface area (Å²) >= 11 is 1.52. The van der Waals surface area contributed by atoms with E-state index in [1.165, 1.54) is 11.8 Å². The number of hydrogen-bond donors (Lipinski definition) is 1. The van der Waals surface area contributed by atoms with Crippen LogP contribution in [0, 0.1) is 6.92 Å². The molecule has 28 heavy (non-hydrogen) atoms. The highest BCUT2D eigenvalue weighted by molar-refractivity contribution is 7.98. The molecule has 1 aromatic heterocycles. The SMILES string of the molecule is CSc1ccccc1NC(=O)COC(=O)Cn1nnc(-c2ccc(C)cc2)n1. The highest BCUT2D eigenvalue weighted by atomic mass is 32.2. The number of hydrogen-bond acceptors (Lipinski definition) is 7. The maximum Gasteiger partial charge on any atom is 0.330 e. The third kappa shape index (κ3) is 5.17. The first-order chi connectivity index (χ1) is 13.5. The molecule has 0 unspecified atom stereocenters. The molecule has 8 nitrogen and oxygen atoms in total. The minimum absolute atomic E-state index is 0.229. The Bertz CT molecular complexity index is 972. The van der Waals surface area contributed by atoms with E-state index in [0.29, 0.717) is 11.5 Å². The highest BCUT2D eigenvalue weighted by Crippen LogP contribution is 2.24. The van der Waals surface area contributed by atoms with Crippen LogP contribution in [0.2, 0.25) is 0 Å². The molecule has 0 aliphatic rings. The molecular weight excluding hydrogens is 378 g/mol. The second-order valence-corrected chi connectivity index (χ2v) is 6.77. The molecule has 0 spiro atoms. The molecule has 9 heteroatoms. The van der Waals surface area contributed by atoms with Crippen LogP contribution < -0.4 is 5.32 Å². The second kappa shape index (κ2) is 9.14. The molecule has 0 saturated carbocycles. The Morgan fingerprint density at radius 1 is 1.14 bits per heavy atom. The molecule has 0 atom stereocenters. The normalized spacial score (nSPS) is 10.5. The number of esters is 1. The van der Waals surface area contributed by atoms with Gasteiger partial charge < -0.3 is 10.1 Å². The number of para-hydroxylation sites is 1. The van der Waals surface area contributed by atoms with Gasteiger partial charge in [0.1, 0.15) is 0 Å². The van der Waals surface area contributed by atoms with Crippen molar-refractivity contribution in [2.75, 3.05) is 18.2 Å². The summed E-state index contributed by atoms with van der Waals surface area (Å²) in [5.74, 6) is -0.623. The first-order valence-electron chi connectivity index (χ1n) is 8.48. The summed E-state index contributed by atoms with van der Waals surface area (Å²) in [5, 5.41) is 14.7. The van der Waals surface area contributed by atoms with Crippen LogP contribution in [-0.2, 0) is 20.9 Å². The summed E-state index contributed by atoms with van der Waals surface area (Å²) in [6.07, 6.45) is 1.92. The Hall–Kier alpha value is -3.20. The Morgan fingerprint density at radius 3 is 2.64 bits per heavy atom. The van der Waals surface area contributed by atoms with Crippen LogP contribution in [0.15, 0.2) is 53.4 Å². The van der Waals surface area contributed by atoms with Gasteiger partial charge in [-0.15, -0.1) is 22.0 Å². The van der Waals surface area contributed by atoms with Gasteiger partial charge in [-0.05, 0) is 30.5 Å². The van der Waals surface area contributed by atoms with Crippen LogP contribution in [0.1, 0.15) is 5.56 Å². The van der Waals surface area contributed by atoms with Crippen molar-refractivity contribution in [3.8, 4) is 11.4 Å². The lowest BCUT2D eigenvalue weighted by Gasteiger charge is -2.09.